The molecule has 0 aromatic heterocycles. The van der Waals surface area contributed by atoms with Crippen molar-refractivity contribution in [2.45, 2.75) is 6.42 Å². The molecule has 0 saturated carbocycles. The van der Waals surface area contributed by atoms with Crippen LogP contribution in [0.1, 0.15) is 11.1 Å². The van der Waals surface area contributed by atoms with Crippen molar-refractivity contribution in [3.05, 3.63) is 48.9 Å². The zero-order valence-electron chi connectivity index (χ0n) is 6.38. The van der Waals surface area contributed by atoms with E-state index < -0.39 is 0 Å². The van der Waals surface area contributed by atoms with E-state index in [1.165, 1.54) is 0 Å². The molecule has 1 nitrogen and oxygen atoms in total. The van der Waals surface area contributed by atoms with Crippen molar-refractivity contribution in [1.29, 1.82) is 0 Å². The van der Waals surface area contributed by atoms with Crippen LogP contribution in [0.5, 0.6) is 5.75 Å². The van der Waals surface area contributed by atoms with Crippen LogP contribution in [0.3, 0.4) is 0 Å². The van der Waals surface area contributed by atoms with E-state index in [1.807, 2.05) is 6.07 Å². The van der Waals surface area contributed by atoms with Crippen molar-refractivity contribution in [2.24, 2.45) is 0 Å². The van der Waals surface area contributed by atoms with Crippen molar-refractivity contribution in [1.82, 2.24) is 0 Å². The van der Waals surface area contributed by atoms with Crippen LogP contribution >= 0.6 is 0 Å². The van der Waals surface area contributed by atoms with Gasteiger partial charge in [-0.15, -0.1) is 6.58 Å². The van der Waals surface area contributed by atoms with Gasteiger partial charge in [0.05, 0.1) is 0 Å². The van der Waals surface area contributed by atoms with E-state index in [0.29, 0.717) is 12.2 Å². The monoisotopic (exact) mass is 147 g/mol. The molecule has 0 atom stereocenters. The summed E-state index contributed by atoms with van der Waals surface area (Å²) in [4.78, 5) is 0. The minimum atomic E-state index is 0.317. The summed E-state index contributed by atoms with van der Waals surface area (Å²) in [6.07, 6.45) is 2.45. The number of benzene rings is 1. The molecule has 1 aromatic rings. The summed E-state index contributed by atoms with van der Waals surface area (Å²) in [6.45, 7) is 7.35. The fourth-order valence-electron chi connectivity index (χ4n) is 0.958. The third-order valence-corrected chi connectivity index (χ3v) is 1.51. The van der Waals surface area contributed by atoms with Crippen molar-refractivity contribution in [3.8, 4) is 5.75 Å². The average Bonchev–Trinajstić information content (AvgIpc) is 1.98. The zero-order valence-corrected chi connectivity index (χ0v) is 6.38. The molecule has 1 heteroatoms. The van der Waals surface area contributed by atoms with Gasteiger partial charge in [-0.2, -0.15) is 0 Å². The number of phenolic OH excluding ortho intramolecular Hbond substituents is 1. The highest BCUT2D eigenvalue weighted by Crippen LogP contribution is 2.18. The highest BCUT2D eigenvalue weighted by atomic mass is 16.3. The lowest BCUT2D eigenvalue weighted by Gasteiger charge is -2.01. The number of hydrogen-bond acceptors (Lipinski definition) is 1. The van der Waals surface area contributed by atoms with Crippen LogP contribution in [0.25, 0.3) is 0 Å². The van der Waals surface area contributed by atoms with E-state index in [9.17, 15) is 5.11 Å². The molecule has 1 N–H and O–H groups in total. The predicted molar refractivity (Wildman–Crippen MR) is 46.5 cm³/mol. The summed E-state index contributed by atoms with van der Waals surface area (Å²) < 4.78 is 0. The maximum Gasteiger partial charge on any atom is 0.119 e. The third-order valence-electron chi connectivity index (χ3n) is 1.51. The summed E-state index contributed by atoms with van der Waals surface area (Å²) in [5.74, 6) is 0.317. The van der Waals surface area contributed by atoms with Gasteiger partial charge in [0, 0.05) is 0 Å². The summed E-state index contributed by atoms with van der Waals surface area (Å²) >= 11 is 0. The highest BCUT2D eigenvalue weighted by Gasteiger charge is 1.97. The van der Waals surface area contributed by atoms with E-state index in [2.05, 4.69) is 13.5 Å². The number of hydrogen-bond donors (Lipinski definition) is 1. The Labute approximate surface area is 67.0 Å². The lowest BCUT2D eigenvalue weighted by molar-refractivity contribution is 0.469. The lowest BCUT2D eigenvalue weighted by atomic mass is 10.1. The van der Waals surface area contributed by atoms with Crippen molar-refractivity contribution < 1.29 is 5.11 Å². The van der Waals surface area contributed by atoms with E-state index >= 15 is 0 Å². The molecule has 1 rings (SSSR count). The average molecular weight is 147 g/mol. The second-order valence-electron chi connectivity index (χ2n) is 2.46. The number of aromatic hydroxyl groups is 1. The molecule has 0 heterocycles. The van der Waals surface area contributed by atoms with Gasteiger partial charge < -0.3 is 5.11 Å². The first-order valence-electron chi connectivity index (χ1n) is 3.49. The Bertz CT molecular complexity index is 264. The fraction of sp³-hybridized carbons (Fsp3) is 0.100. The minimum Gasteiger partial charge on any atom is -0.508 e. The van der Waals surface area contributed by atoms with E-state index in [4.69, 9.17) is 0 Å². The van der Waals surface area contributed by atoms with Gasteiger partial charge in [0.25, 0.3) is 0 Å². The quantitative estimate of drug-likeness (QED) is 0.636. The smallest absolute Gasteiger partial charge is 0.119 e. The standard InChI is InChI=1S/C10H11O/c1-3-4-9-7-8(2)5-6-10(9)11/h3,5-7,11H,1-2,4H2. The number of rotatable bonds is 2. The molecule has 11 heavy (non-hydrogen) atoms. The van der Waals surface area contributed by atoms with Crippen LogP contribution in [0.2, 0.25) is 0 Å². The van der Waals surface area contributed by atoms with Gasteiger partial charge in [0.2, 0.25) is 0 Å². The Hall–Kier alpha value is -1.24. The Kier molecular flexibility index (Phi) is 2.32. The van der Waals surface area contributed by atoms with Crippen LogP contribution in [0.15, 0.2) is 30.9 Å². The molecule has 0 fully saturated rings. The van der Waals surface area contributed by atoms with Gasteiger partial charge in [-0.05, 0) is 30.5 Å². The van der Waals surface area contributed by atoms with Crippen LogP contribution in [-0.2, 0) is 6.42 Å². The molecule has 0 bridgehead atoms. The molecular weight excluding hydrogens is 136 g/mol. The van der Waals surface area contributed by atoms with Gasteiger partial charge in [-0.1, -0.05) is 18.2 Å². The summed E-state index contributed by atoms with van der Waals surface area (Å²) in [5.41, 5.74) is 1.80. The first-order chi connectivity index (χ1) is 5.24. The molecule has 57 valence electrons. The molecule has 0 unspecified atom stereocenters. The summed E-state index contributed by atoms with van der Waals surface area (Å²) in [6, 6.07) is 5.29. The van der Waals surface area contributed by atoms with E-state index in [-0.39, 0.29) is 0 Å². The van der Waals surface area contributed by atoms with Crippen LogP contribution in [0, 0.1) is 6.92 Å². The Morgan fingerprint density at radius 3 is 2.82 bits per heavy atom. The highest BCUT2D eigenvalue weighted by molar-refractivity contribution is 5.38. The Morgan fingerprint density at radius 2 is 2.18 bits per heavy atom. The molecule has 0 aliphatic heterocycles. The second kappa shape index (κ2) is 3.24. The normalized spacial score (nSPS) is 9.55. The maximum absolute atomic E-state index is 9.29. The van der Waals surface area contributed by atoms with Gasteiger partial charge in [0.1, 0.15) is 5.75 Å². The molecule has 1 aromatic carbocycles. The van der Waals surface area contributed by atoms with E-state index in [0.717, 1.165) is 11.1 Å². The first-order valence-corrected chi connectivity index (χ1v) is 3.49. The van der Waals surface area contributed by atoms with Crippen molar-refractivity contribution in [3.63, 3.8) is 0 Å². The second-order valence-corrected chi connectivity index (χ2v) is 2.46. The maximum atomic E-state index is 9.29. The predicted octanol–water partition coefficient (Wildman–Crippen LogP) is 2.30. The molecule has 0 aliphatic carbocycles. The zero-order chi connectivity index (χ0) is 8.27. The molecule has 0 spiro atoms. The van der Waals surface area contributed by atoms with Crippen LogP contribution in [-0.4, -0.2) is 5.11 Å². The van der Waals surface area contributed by atoms with Crippen molar-refractivity contribution in [2.75, 3.05) is 0 Å². The topological polar surface area (TPSA) is 20.2 Å². The Morgan fingerprint density at radius 1 is 1.45 bits per heavy atom. The van der Waals surface area contributed by atoms with Crippen LogP contribution in [0.4, 0.5) is 0 Å². The van der Waals surface area contributed by atoms with Gasteiger partial charge in [-0.25, -0.2) is 0 Å². The summed E-state index contributed by atoms with van der Waals surface area (Å²) in [5, 5.41) is 9.29. The number of allylic oxidation sites excluding steroid dienone is 1. The third kappa shape index (κ3) is 1.84. The Balaban J connectivity index is 3.01. The molecule has 1 radical (unpaired) electrons. The van der Waals surface area contributed by atoms with E-state index in [1.54, 1.807) is 18.2 Å². The van der Waals surface area contributed by atoms with Gasteiger partial charge in [-0.3, -0.25) is 0 Å². The van der Waals surface area contributed by atoms with Gasteiger partial charge >= 0.3 is 0 Å². The lowest BCUT2D eigenvalue weighted by Crippen LogP contribution is -1.83. The fourth-order valence-corrected chi connectivity index (χ4v) is 0.958. The van der Waals surface area contributed by atoms with Crippen LogP contribution < -0.4 is 0 Å². The van der Waals surface area contributed by atoms with Gasteiger partial charge in [0.15, 0.2) is 0 Å². The number of phenols is 1. The largest absolute Gasteiger partial charge is 0.508 e. The molecular formula is C10H11O. The van der Waals surface area contributed by atoms with Crippen molar-refractivity contribution >= 4 is 0 Å². The SMILES string of the molecule is [CH2]c1ccc(O)c(CC=C)c1. The minimum absolute atomic E-state index is 0.317. The molecule has 0 aliphatic rings. The first kappa shape index (κ1) is 7.86. The summed E-state index contributed by atoms with van der Waals surface area (Å²) in [7, 11) is 0. The molecule has 0 saturated heterocycles. The molecule has 0 amide bonds.